The first-order valence-electron chi connectivity index (χ1n) is 4.34. The number of ether oxygens (including phenoxy) is 1. The Bertz CT molecular complexity index is 488. The zero-order valence-electron chi connectivity index (χ0n) is 8.54. The number of sulfone groups is 1. The van der Waals surface area contributed by atoms with Crippen LogP contribution in [0.4, 0.5) is 5.69 Å². The molecule has 0 aromatic heterocycles. The molecule has 1 aromatic carbocycles. The molecule has 0 amide bonds. The maximum Gasteiger partial charge on any atom is 0.181 e. The van der Waals surface area contributed by atoms with Crippen LogP contribution in [0.3, 0.4) is 0 Å². The van der Waals surface area contributed by atoms with Gasteiger partial charge >= 0.3 is 0 Å². The Morgan fingerprint density at radius 2 is 2.06 bits per heavy atom. The van der Waals surface area contributed by atoms with Crippen molar-refractivity contribution < 1.29 is 13.2 Å². The van der Waals surface area contributed by atoms with Crippen molar-refractivity contribution in [2.75, 3.05) is 24.5 Å². The van der Waals surface area contributed by atoms with Gasteiger partial charge in [-0.2, -0.15) is 0 Å². The molecule has 1 aromatic rings. The van der Waals surface area contributed by atoms with Crippen LogP contribution in [0.1, 0.15) is 0 Å². The molecule has 0 fully saturated rings. The van der Waals surface area contributed by atoms with Crippen molar-refractivity contribution in [3.8, 4) is 5.75 Å². The lowest BCUT2D eigenvalue weighted by Crippen LogP contribution is -2.09. The van der Waals surface area contributed by atoms with Crippen LogP contribution in [0.25, 0.3) is 0 Å². The second kappa shape index (κ2) is 5.12. The minimum atomic E-state index is -3.49. The molecule has 0 saturated carbocycles. The zero-order valence-corrected chi connectivity index (χ0v) is 10.9. The van der Waals surface area contributed by atoms with Crippen molar-refractivity contribution in [3.05, 3.63) is 17.2 Å². The second-order valence-electron chi connectivity index (χ2n) is 3.03. The molecule has 0 radical (unpaired) electrons. The lowest BCUT2D eigenvalue weighted by Gasteiger charge is -2.09. The molecule has 1 rings (SSSR count). The van der Waals surface area contributed by atoms with E-state index < -0.39 is 9.84 Å². The highest BCUT2D eigenvalue weighted by atomic mass is 35.5. The number of rotatable bonds is 4. The van der Waals surface area contributed by atoms with E-state index >= 15 is 0 Å². The molecule has 0 bridgehead atoms. The number of nitrogen functional groups attached to an aromatic ring is 1. The van der Waals surface area contributed by atoms with Gasteiger partial charge in [-0.1, -0.05) is 11.6 Å². The summed E-state index contributed by atoms with van der Waals surface area (Å²) in [5.41, 5.74) is 5.88. The number of hydrogen-bond acceptors (Lipinski definition) is 4. The predicted octanol–water partition coefficient (Wildman–Crippen LogP) is 1.94. The van der Waals surface area contributed by atoms with Gasteiger partial charge in [0.1, 0.15) is 5.75 Å². The van der Waals surface area contributed by atoms with Crippen molar-refractivity contribution in [3.63, 3.8) is 0 Å². The average molecular weight is 284 g/mol. The fraction of sp³-hybridized carbons (Fsp3) is 0.333. The summed E-state index contributed by atoms with van der Waals surface area (Å²) >= 11 is 11.2. The Morgan fingerprint density at radius 3 is 2.56 bits per heavy atom. The van der Waals surface area contributed by atoms with Gasteiger partial charge in [0.25, 0.3) is 0 Å². The van der Waals surface area contributed by atoms with E-state index in [0.29, 0.717) is 0 Å². The lowest BCUT2D eigenvalue weighted by atomic mass is 10.3. The van der Waals surface area contributed by atoms with Gasteiger partial charge in [0, 0.05) is 11.9 Å². The molecular formula is C9H11Cl2NO3S. The molecule has 0 aliphatic carbocycles. The first-order valence-corrected chi connectivity index (χ1v) is 6.90. The Morgan fingerprint density at radius 1 is 1.44 bits per heavy atom. The summed E-state index contributed by atoms with van der Waals surface area (Å²) in [7, 11) is -2.09. The molecule has 0 atom stereocenters. The molecule has 0 unspecified atom stereocenters. The maximum atomic E-state index is 11.8. The van der Waals surface area contributed by atoms with Gasteiger partial charge in [-0.15, -0.1) is 11.6 Å². The summed E-state index contributed by atoms with van der Waals surface area (Å²) in [6, 6.07) is 2.65. The molecule has 16 heavy (non-hydrogen) atoms. The normalized spacial score (nSPS) is 11.4. The summed E-state index contributed by atoms with van der Waals surface area (Å²) in [5, 5.41) is 0.0726. The average Bonchev–Trinajstić information content (AvgIpc) is 2.17. The van der Waals surface area contributed by atoms with Gasteiger partial charge in [-0.25, -0.2) is 8.42 Å². The minimum Gasteiger partial charge on any atom is -0.495 e. The monoisotopic (exact) mass is 283 g/mol. The Hall–Kier alpha value is -0.650. The highest BCUT2D eigenvalue weighted by molar-refractivity contribution is 7.91. The molecule has 0 heterocycles. The first kappa shape index (κ1) is 13.4. The highest BCUT2D eigenvalue weighted by Crippen LogP contribution is 2.32. The molecule has 0 spiro atoms. The fourth-order valence-electron chi connectivity index (χ4n) is 1.18. The number of methoxy groups -OCH3 is 1. The van der Waals surface area contributed by atoms with Crippen LogP contribution in [0, 0.1) is 0 Å². The molecular weight excluding hydrogens is 273 g/mol. The molecule has 90 valence electrons. The third-order valence-corrected chi connectivity index (χ3v) is 4.55. The number of halogens is 2. The highest BCUT2D eigenvalue weighted by Gasteiger charge is 2.19. The van der Waals surface area contributed by atoms with E-state index in [1.165, 1.54) is 19.2 Å². The molecule has 0 saturated heterocycles. The van der Waals surface area contributed by atoms with Crippen LogP contribution in [-0.2, 0) is 9.84 Å². The summed E-state index contributed by atoms with van der Waals surface area (Å²) in [6.45, 7) is 0. The number of alkyl halides is 1. The first-order chi connectivity index (χ1) is 7.42. The third-order valence-electron chi connectivity index (χ3n) is 1.97. The Kier molecular flexibility index (Phi) is 4.29. The standard InChI is InChI=1S/C9H11Cl2NO3S/c1-15-8-5-9(6(11)4-7(8)12)16(13,14)3-2-10/h4-5H,2-3,12H2,1H3. The van der Waals surface area contributed by atoms with Gasteiger partial charge in [-0.3, -0.25) is 0 Å². The molecule has 7 heteroatoms. The van der Waals surface area contributed by atoms with Crippen molar-refractivity contribution in [1.82, 2.24) is 0 Å². The van der Waals surface area contributed by atoms with E-state index in [2.05, 4.69) is 0 Å². The van der Waals surface area contributed by atoms with E-state index in [-0.39, 0.29) is 33.0 Å². The van der Waals surface area contributed by atoms with Crippen LogP contribution < -0.4 is 10.5 Å². The van der Waals surface area contributed by atoms with Crippen molar-refractivity contribution >= 4 is 38.7 Å². The summed E-state index contributed by atoms with van der Waals surface area (Å²) < 4.78 is 28.5. The van der Waals surface area contributed by atoms with E-state index in [1.807, 2.05) is 0 Å². The molecule has 2 N–H and O–H groups in total. The summed E-state index contributed by atoms with van der Waals surface area (Å²) in [6.07, 6.45) is 0. The van der Waals surface area contributed by atoms with Gasteiger partial charge in [-0.05, 0) is 6.07 Å². The largest absolute Gasteiger partial charge is 0.495 e. The fourth-order valence-corrected chi connectivity index (χ4v) is 3.38. The van der Waals surface area contributed by atoms with Crippen LogP contribution >= 0.6 is 23.2 Å². The topological polar surface area (TPSA) is 69.4 Å². The second-order valence-corrected chi connectivity index (χ2v) is 5.90. The van der Waals surface area contributed by atoms with E-state index in [9.17, 15) is 8.42 Å². The summed E-state index contributed by atoms with van der Waals surface area (Å²) in [4.78, 5) is -0.0131. The maximum absolute atomic E-state index is 11.8. The van der Waals surface area contributed by atoms with E-state index in [0.717, 1.165) is 0 Å². The van der Waals surface area contributed by atoms with Crippen LogP contribution in [0.2, 0.25) is 5.02 Å². The Labute approximate surface area is 104 Å². The van der Waals surface area contributed by atoms with Crippen molar-refractivity contribution in [1.29, 1.82) is 0 Å². The van der Waals surface area contributed by atoms with E-state index in [4.69, 9.17) is 33.7 Å². The number of hydrogen-bond donors (Lipinski definition) is 1. The van der Waals surface area contributed by atoms with Crippen LogP contribution in [0.15, 0.2) is 17.0 Å². The smallest absolute Gasteiger partial charge is 0.181 e. The number of benzene rings is 1. The predicted molar refractivity (Wildman–Crippen MR) is 65.2 cm³/mol. The van der Waals surface area contributed by atoms with Gasteiger partial charge in [0.2, 0.25) is 0 Å². The molecule has 4 nitrogen and oxygen atoms in total. The SMILES string of the molecule is COc1cc(S(=O)(=O)CCCl)c(Cl)cc1N. The van der Waals surface area contributed by atoms with Crippen LogP contribution in [-0.4, -0.2) is 27.2 Å². The zero-order chi connectivity index (χ0) is 12.3. The van der Waals surface area contributed by atoms with Gasteiger partial charge < -0.3 is 10.5 Å². The van der Waals surface area contributed by atoms with Gasteiger partial charge in [0.15, 0.2) is 9.84 Å². The molecule has 0 aliphatic rings. The van der Waals surface area contributed by atoms with E-state index in [1.54, 1.807) is 0 Å². The number of nitrogens with two attached hydrogens (primary N) is 1. The Balaban J connectivity index is 3.34. The number of anilines is 1. The van der Waals surface area contributed by atoms with Crippen molar-refractivity contribution in [2.24, 2.45) is 0 Å². The quantitative estimate of drug-likeness (QED) is 0.677. The van der Waals surface area contributed by atoms with Crippen LogP contribution in [0.5, 0.6) is 5.75 Å². The van der Waals surface area contributed by atoms with Gasteiger partial charge in [0.05, 0.1) is 28.5 Å². The minimum absolute atomic E-state index is 0.00531. The molecule has 0 aliphatic heterocycles. The van der Waals surface area contributed by atoms with Crippen molar-refractivity contribution in [2.45, 2.75) is 4.90 Å². The summed E-state index contributed by atoms with van der Waals surface area (Å²) in [5.74, 6) is 0.102. The lowest BCUT2D eigenvalue weighted by molar-refractivity contribution is 0.415. The third kappa shape index (κ3) is 2.72.